The largest absolute Gasteiger partial charge is 0.491 e. The molecule has 16 heteroatoms. The lowest BCUT2D eigenvalue weighted by Gasteiger charge is -2.44. The van der Waals surface area contributed by atoms with Gasteiger partial charge in [0.1, 0.15) is 36.8 Å². The molecule has 15 nitrogen and oxygen atoms in total. The van der Waals surface area contributed by atoms with Gasteiger partial charge in [0.15, 0.2) is 18.3 Å². The second kappa shape index (κ2) is 15.0. The number of fused-ring (bicyclic) bond motifs is 1. The molecule has 0 saturated carbocycles. The quantitative estimate of drug-likeness (QED) is 0.215. The van der Waals surface area contributed by atoms with Gasteiger partial charge in [0.2, 0.25) is 11.2 Å². The Morgan fingerprint density at radius 3 is 2.04 bits per heavy atom. The van der Waals surface area contributed by atoms with Crippen LogP contribution in [0.2, 0.25) is 0 Å². The van der Waals surface area contributed by atoms with Gasteiger partial charge in [0, 0.05) is 39.1 Å². The molecule has 46 heavy (non-hydrogen) atoms. The Hall–Kier alpha value is -4.83. The van der Waals surface area contributed by atoms with Crippen molar-refractivity contribution in [3.8, 4) is 17.0 Å². The topological polar surface area (TPSA) is 193 Å². The number of carbonyl (C=O) groups is 5. The molecule has 0 amide bonds. The summed E-state index contributed by atoms with van der Waals surface area (Å²) >= 11 is 1.24. The summed E-state index contributed by atoms with van der Waals surface area (Å²) in [5.74, 6) is -3.97. The number of rotatable bonds is 11. The molecule has 1 fully saturated rings. The van der Waals surface area contributed by atoms with E-state index in [0.717, 1.165) is 20.8 Å². The molecule has 1 aliphatic rings. The number of carbonyl (C=O) groups excluding carboxylic acids is 5. The van der Waals surface area contributed by atoms with Crippen molar-refractivity contribution in [2.75, 3.05) is 19.8 Å². The van der Waals surface area contributed by atoms with Gasteiger partial charge >= 0.3 is 29.8 Å². The first-order valence-electron chi connectivity index (χ1n) is 14.0. The molecule has 3 heterocycles. The van der Waals surface area contributed by atoms with E-state index in [1.165, 1.54) is 42.0 Å². The van der Waals surface area contributed by atoms with Crippen LogP contribution >= 0.6 is 11.3 Å². The number of ether oxygens (including phenoxy) is 7. The number of benzene rings is 1. The highest BCUT2D eigenvalue weighted by Gasteiger charge is 2.52. The molecule has 1 aliphatic heterocycles. The Balaban J connectivity index is 1.69. The molecule has 246 valence electrons. The standard InChI is InChI=1S/C30H31NO14S/c1-6-38-30(37)28-24(20-12-46-13-31-20)25(36)19-8-7-18(9-21(19)45-28)40-11-23-27(42-16(4)34)29(43-17(5)35)26(41-15(3)33)22(44-23)10-39-14(2)32/h7-9,12-13,22-23,26-27,29H,6,10-11H2,1-5H3/t22-,23-,26+,27+,29+/m0/s1. The zero-order chi connectivity index (χ0) is 33.5. The Labute approximate surface area is 265 Å². The SMILES string of the molecule is CCOC(=O)c1oc2cc(OC[C@@H]3O[C@@H](COC(C)=O)[C@@H](OC(C)=O)[C@@H](OC(C)=O)[C@@H]3OC(C)=O)ccc2c(=O)c1-c1cscn1. The Morgan fingerprint density at radius 2 is 1.48 bits per heavy atom. The molecular formula is C30H31NO14S. The van der Waals surface area contributed by atoms with Gasteiger partial charge in [-0.1, -0.05) is 0 Å². The first-order valence-corrected chi connectivity index (χ1v) is 14.9. The summed E-state index contributed by atoms with van der Waals surface area (Å²) in [7, 11) is 0. The minimum Gasteiger partial charge on any atom is -0.491 e. The lowest BCUT2D eigenvalue weighted by atomic mass is 9.94. The molecular weight excluding hydrogens is 630 g/mol. The Morgan fingerprint density at radius 1 is 0.848 bits per heavy atom. The van der Waals surface area contributed by atoms with Gasteiger partial charge in [-0.25, -0.2) is 9.78 Å². The van der Waals surface area contributed by atoms with Crippen LogP contribution in [0, 0.1) is 0 Å². The van der Waals surface area contributed by atoms with E-state index in [1.807, 2.05) is 0 Å². The molecule has 0 aliphatic carbocycles. The Bertz CT molecular complexity index is 1670. The maximum absolute atomic E-state index is 13.5. The first kappa shape index (κ1) is 34.1. The highest BCUT2D eigenvalue weighted by molar-refractivity contribution is 7.07. The van der Waals surface area contributed by atoms with Crippen LogP contribution in [-0.2, 0) is 47.6 Å². The van der Waals surface area contributed by atoms with Crippen molar-refractivity contribution in [1.29, 1.82) is 0 Å². The van der Waals surface area contributed by atoms with Crippen molar-refractivity contribution in [2.45, 2.75) is 65.1 Å². The zero-order valence-electron chi connectivity index (χ0n) is 25.5. The number of aromatic nitrogens is 1. The summed E-state index contributed by atoms with van der Waals surface area (Å²) in [5, 5.41) is 1.74. The minimum atomic E-state index is -1.36. The van der Waals surface area contributed by atoms with Crippen LogP contribution in [0.25, 0.3) is 22.2 Å². The van der Waals surface area contributed by atoms with E-state index >= 15 is 0 Å². The molecule has 3 aromatic rings. The van der Waals surface area contributed by atoms with E-state index in [2.05, 4.69) is 4.98 Å². The van der Waals surface area contributed by atoms with Gasteiger partial charge in [-0.3, -0.25) is 24.0 Å². The van der Waals surface area contributed by atoms with Crippen LogP contribution in [0.15, 0.2) is 38.3 Å². The minimum absolute atomic E-state index is 0.00563. The highest BCUT2D eigenvalue weighted by atomic mass is 32.1. The van der Waals surface area contributed by atoms with E-state index in [0.29, 0.717) is 0 Å². The summed E-state index contributed by atoms with van der Waals surface area (Å²) in [6.07, 6.45) is -6.30. The van der Waals surface area contributed by atoms with Crippen molar-refractivity contribution in [3.05, 3.63) is 45.1 Å². The fourth-order valence-corrected chi connectivity index (χ4v) is 5.35. The molecule has 0 N–H and O–H groups in total. The molecule has 2 aromatic heterocycles. The van der Waals surface area contributed by atoms with E-state index in [4.69, 9.17) is 37.6 Å². The summed E-state index contributed by atoms with van der Waals surface area (Å²) in [6, 6.07) is 4.28. The fraction of sp³-hybridized carbons (Fsp3) is 0.433. The van der Waals surface area contributed by atoms with Crippen molar-refractivity contribution < 1.29 is 61.5 Å². The van der Waals surface area contributed by atoms with Gasteiger partial charge in [-0.05, 0) is 19.1 Å². The van der Waals surface area contributed by atoms with Gasteiger partial charge < -0.3 is 37.6 Å². The highest BCUT2D eigenvalue weighted by Crippen LogP contribution is 2.31. The van der Waals surface area contributed by atoms with E-state index in [1.54, 1.807) is 12.3 Å². The third-order valence-corrected chi connectivity index (χ3v) is 7.10. The van der Waals surface area contributed by atoms with Crippen LogP contribution in [0.1, 0.15) is 45.2 Å². The molecule has 0 spiro atoms. The van der Waals surface area contributed by atoms with Crippen molar-refractivity contribution in [3.63, 3.8) is 0 Å². The average Bonchev–Trinajstić information content (AvgIpc) is 3.51. The lowest BCUT2D eigenvalue weighted by Crippen LogP contribution is -2.63. The van der Waals surface area contributed by atoms with E-state index in [-0.39, 0.29) is 47.0 Å². The molecule has 4 rings (SSSR count). The number of hydrogen-bond donors (Lipinski definition) is 0. The Kier molecular flexibility index (Phi) is 11.1. The van der Waals surface area contributed by atoms with E-state index < -0.39 is 72.4 Å². The number of thiazole rings is 1. The molecule has 0 radical (unpaired) electrons. The van der Waals surface area contributed by atoms with Crippen LogP contribution in [0.5, 0.6) is 5.75 Å². The number of esters is 5. The zero-order valence-corrected chi connectivity index (χ0v) is 26.3. The van der Waals surface area contributed by atoms with Crippen LogP contribution in [0.4, 0.5) is 0 Å². The molecule has 1 aromatic carbocycles. The summed E-state index contributed by atoms with van der Waals surface area (Å²) in [4.78, 5) is 78.1. The van der Waals surface area contributed by atoms with Crippen LogP contribution < -0.4 is 10.2 Å². The van der Waals surface area contributed by atoms with Crippen molar-refractivity contribution in [1.82, 2.24) is 4.98 Å². The van der Waals surface area contributed by atoms with Gasteiger partial charge in [-0.2, -0.15) is 0 Å². The normalized spacial score (nSPS) is 20.8. The monoisotopic (exact) mass is 661 g/mol. The summed E-state index contributed by atoms with van der Waals surface area (Å²) in [6.45, 7) is 5.45. The second-order valence-electron chi connectivity index (χ2n) is 9.94. The van der Waals surface area contributed by atoms with Crippen molar-refractivity contribution >= 4 is 52.2 Å². The molecule has 5 atom stereocenters. The van der Waals surface area contributed by atoms with Crippen LogP contribution in [-0.4, -0.2) is 85.2 Å². The van der Waals surface area contributed by atoms with Gasteiger partial charge in [-0.15, -0.1) is 11.3 Å². The molecule has 0 bridgehead atoms. The van der Waals surface area contributed by atoms with Gasteiger partial charge in [0.25, 0.3) is 0 Å². The third-order valence-electron chi connectivity index (χ3n) is 6.51. The lowest BCUT2D eigenvalue weighted by molar-refractivity contribution is -0.255. The molecule has 0 unspecified atom stereocenters. The van der Waals surface area contributed by atoms with Crippen molar-refractivity contribution in [2.24, 2.45) is 0 Å². The predicted octanol–water partition coefficient (Wildman–Crippen LogP) is 2.60. The van der Waals surface area contributed by atoms with Gasteiger partial charge in [0.05, 0.1) is 28.8 Å². The maximum Gasteiger partial charge on any atom is 0.375 e. The number of nitrogens with zero attached hydrogens (tertiary/aromatic N) is 1. The first-order chi connectivity index (χ1) is 21.9. The third kappa shape index (κ3) is 8.06. The predicted molar refractivity (Wildman–Crippen MR) is 157 cm³/mol. The molecule has 1 saturated heterocycles. The average molecular weight is 662 g/mol. The summed E-state index contributed by atoms with van der Waals surface area (Å²) < 4.78 is 44.3. The van der Waals surface area contributed by atoms with E-state index in [9.17, 15) is 28.8 Å². The maximum atomic E-state index is 13.5. The van der Waals surface area contributed by atoms with Crippen LogP contribution in [0.3, 0.4) is 0 Å². The summed E-state index contributed by atoms with van der Waals surface area (Å²) in [5.41, 5.74) is 1.22. The smallest absolute Gasteiger partial charge is 0.375 e. The fourth-order valence-electron chi connectivity index (χ4n) is 4.80. The number of hydrogen-bond acceptors (Lipinski definition) is 16. The second-order valence-corrected chi connectivity index (χ2v) is 10.7.